The average Bonchev–Trinajstić information content (AvgIpc) is 2.39. The Morgan fingerprint density at radius 1 is 1.30 bits per heavy atom. The molecule has 0 aromatic carbocycles. The third-order valence-corrected chi connectivity index (χ3v) is 4.58. The van der Waals surface area contributed by atoms with Crippen LogP contribution in [0.1, 0.15) is 27.2 Å². The van der Waals surface area contributed by atoms with Crippen LogP contribution in [-0.2, 0) is 10.8 Å². The normalized spacial score (nSPS) is 13.8. The number of nitrogens with one attached hydrogen (secondary N) is 1. The van der Waals surface area contributed by atoms with Crippen molar-refractivity contribution in [3.63, 3.8) is 0 Å². The number of rotatable bonds is 8. The van der Waals surface area contributed by atoms with E-state index < -0.39 is 10.8 Å². The van der Waals surface area contributed by atoms with Crippen LogP contribution in [0, 0.1) is 0 Å². The highest BCUT2D eigenvalue weighted by Crippen LogP contribution is 2.13. The van der Waals surface area contributed by atoms with Crippen LogP contribution in [0.2, 0.25) is 5.28 Å². The molecular formula is C12H22ClN5OS. The van der Waals surface area contributed by atoms with Crippen LogP contribution < -0.4 is 10.2 Å². The predicted octanol–water partition coefficient (Wildman–Crippen LogP) is 1.94. The van der Waals surface area contributed by atoms with Crippen molar-refractivity contribution in [2.45, 2.75) is 32.4 Å². The molecule has 0 saturated heterocycles. The summed E-state index contributed by atoms with van der Waals surface area (Å²) in [4.78, 5) is 14.5. The third kappa shape index (κ3) is 5.20. The molecule has 0 aliphatic heterocycles. The lowest BCUT2D eigenvalue weighted by Gasteiger charge is -2.19. The summed E-state index contributed by atoms with van der Waals surface area (Å²) < 4.78 is 11.3. The lowest BCUT2D eigenvalue weighted by atomic mass is 10.3. The zero-order valence-electron chi connectivity index (χ0n) is 12.4. The zero-order valence-corrected chi connectivity index (χ0v) is 14.0. The van der Waals surface area contributed by atoms with Crippen LogP contribution in [-0.4, -0.2) is 50.3 Å². The molecule has 1 N–H and O–H groups in total. The van der Waals surface area contributed by atoms with Gasteiger partial charge >= 0.3 is 0 Å². The maximum absolute atomic E-state index is 11.3. The van der Waals surface area contributed by atoms with Gasteiger partial charge in [-0.1, -0.05) is 6.92 Å². The quantitative estimate of drug-likeness (QED) is 0.789. The van der Waals surface area contributed by atoms with Gasteiger partial charge in [-0.05, 0) is 31.9 Å². The number of aromatic nitrogens is 3. The first-order valence-corrected chi connectivity index (χ1v) is 8.70. The summed E-state index contributed by atoms with van der Waals surface area (Å²) in [5, 5.41) is 3.43. The van der Waals surface area contributed by atoms with Gasteiger partial charge in [0.25, 0.3) is 0 Å². The maximum atomic E-state index is 11.3. The van der Waals surface area contributed by atoms with Crippen molar-refractivity contribution in [2.24, 2.45) is 0 Å². The first kappa shape index (κ1) is 17.1. The van der Waals surface area contributed by atoms with E-state index in [0.717, 1.165) is 19.5 Å². The Morgan fingerprint density at radius 2 is 1.95 bits per heavy atom. The molecule has 8 heteroatoms. The predicted molar refractivity (Wildman–Crippen MR) is 85.0 cm³/mol. The molecule has 2 atom stereocenters. The summed E-state index contributed by atoms with van der Waals surface area (Å²) in [6.07, 6.45) is 2.50. The molecule has 0 saturated carbocycles. The maximum Gasteiger partial charge on any atom is 0.231 e. The summed E-state index contributed by atoms with van der Waals surface area (Å²) in [7, 11) is -0.815. The van der Waals surface area contributed by atoms with Crippen molar-refractivity contribution in [3.8, 4) is 0 Å². The van der Waals surface area contributed by atoms with Crippen molar-refractivity contribution in [1.82, 2.24) is 15.0 Å². The second kappa shape index (κ2) is 8.36. The minimum absolute atomic E-state index is 0.141. The van der Waals surface area contributed by atoms with E-state index in [4.69, 9.17) is 11.6 Å². The largest absolute Gasteiger partial charge is 0.354 e. The Morgan fingerprint density at radius 3 is 2.50 bits per heavy atom. The Labute approximate surface area is 127 Å². The van der Waals surface area contributed by atoms with Gasteiger partial charge in [0.05, 0.1) is 0 Å². The van der Waals surface area contributed by atoms with Gasteiger partial charge in [-0.3, -0.25) is 4.21 Å². The number of hydrogen-bond acceptors (Lipinski definition) is 6. The van der Waals surface area contributed by atoms with Crippen LogP contribution >= 0.6 is 11.6 Å². The molecule has 0 fully saturated rings. The van der Waals surface area contributed by atoms with Crippen LogP contribution in [0.25, 0.3) is 0 Å². The zero-order chi connectivity index (χ0) is 15.1. The highest BCUT2D eigenvalue weighted by atomic mass is 35.5. The Hall–Kier alpha value is -0.950. The van der Waals surface area contributed by atoms with Gasteiger partial charge in [-0.2, -0.15) is 15.0 Å². The van der Waals surface area contributed by atoms with Gasteiger partial charge in [-0.15, -0.1) is 0 Å². The lowest BCUT2D eigenvalue weighted by Crippen LogP contribution is -2.25. The summed E-state index contributed by atoms with van der Waals surface area (Å²) in [6.45, 7) is 8.29. The molecule has 0 amide bonds. The molecule has 0 aliphatic rings. The first-order valence-electron chi connectivity index (χ1n) is 6.70. The van der Waals surface area contributed by atoms with Gasteiger partial charge in [0, 0.05) is 41.9 Å². The fourth-order valence-electron chi connectivity index (χ4n) is 1.62. The molecule has 1 heterocycles. The van der Waals surface area contributed by atoms with Gasteiger partial charge in [0.15, 0.2) is 0 Å². The summed E-state index contributed by atoms with van der Waals surface area (Å²) in [5.74, 6) is 1.03. The van der Waals surface area contributed by atoms with Crippen LogP contribution in [0.3, 0.4) is 0 Å². The molecule has 2 unspecified atom stereocenters. The number of halogens is 1. The standard InChI is InChI=1S/C12H22ClN5OS/c1-5-18(6-2)12-16-10(13)15-11(17-12)14-8-7-9(3)20(4)19/h9H,5-8H2,1-4H3,(H,14,15,16,17). The molecule has 0 aliphatic carbocycles. The van der Waals surface area contributed by atoms with Gasteiger partial charge in [0.1, 0.15) is 0 Å². The number of nitrogens with zero attached hydrogens (tertiary/aromatic N) is 4. The molecule has 1 aromatic heterocycles. The fourth-order valence-corrected chi connectivity index (χ4v) is 2.23. The second-order valence-electron chi connectivity index (χ2n) is 4.43. The van der Waals surface area contributed by atoms with Crippen LogP contribution in [0.5, 0.6) is 0 Å². The fraction of sp³-hybridized carbons (Fsp3) is 0.750. The van der Waals surface area contributed by atoms with Crippen molar-refractivity contribution in [1.29, 1.82) is 0 Å². The number of hydrogen-bond donors (Lipinski definition) is 1. The van der Waals surface area contributed by atoms with Crippen LogP contribution in [0.15, 0.2) is 0 Å². The number of anilines is 2. The molecule has 1 aromatic rings. The van der Waals surface area contributed by atoms with Crippen LogP contribution in [0.4, 0.5) is 11.9 Å². The Balaban J connectivity index is 2.68. The van der Waals surface area contributed by atoms with E-state index >= 15 is 0 Å². The van der Waals surface area contributed by atoms with Gasteiger partial charge in [-0.25, -0.2) is 0 Å². The second-order valence-corrected chi connectivity index (χ2v) is 6.56. The molecule has 20 heavy (non-hydrogen) atoms. The molecule has 0 bridgehead atoms. The third-order valence-electron chi connectivity index (χ3n) is 3.04. The van der Waals surface area contributed by atoms with E-state index in [1.54, 1.807) is 6.26 Å². The Bertz CT molecular complexity index is 455. The topological polar surface area (TPSA) is 71.0 Å². The molecule has 6 nitrogen and oxygen atoms in total. The van der Waals surface area contributed by atoms with E-state index in [9.17, 15) is 4.21 Å². The van der Waals surface area contributed by atoms with Gasteiger partial charge in [0.2, 0.25) is 17.2 Å². The molecule has 114 valence electrons. The monoisotopic (exact) mass is 319 g/mol. The average molecular weight is 320 g/mol. The van der Waals surface area contributed by atoms with E-state index in [2.05, 4.69) is 20.3 Å². The Kier molecular flexibility index (Phi) is 7.15. The minimum atomic E-state index is -0.815. The summed E-state index contributed by atoms with van der Waals surface area (Å²) in [5.41, 5.74) is 0. The molecule has 0 spiro atoms. The summed E-state index contributed by atoms with van der Waals surface area (Å²) >= 11 is 5.92. The van der Waals surface area contributed by atoms with Crippen molar-refractivity contribution < 1.29 is 4.21 Å². The lowest BCUT2D eigenvalue weighted by molar-refractivity contribution is 0.672. The van der Waals surface area contributed by atoms with Gasteiger partial charge < -0.3 is 10.2 Å². The van der Waals surface area contributed by atoms with Crippen molar-refractivity contribution >= 4 is 34.3 Å². The highest BCUT2D eigenvalue weighted by Gasteiger charge is 2.11. The van der Waals surface area contributed by atoms with E-state index in [-0.39, 0.29) is 10.5 Å². The van der Waals surface area contributed by atoms with E-state index in [1.807, 2.05) is 25.7 Å². The smallest absolute Gasteiger partial charge is 0.231 e. The first-order chi connectivity index (χ1) is 9.47. The molecule has 0 radical (unpaired) electrons. The minimum Gasteiger partial charge on any atom is -0.354 e. The van der Waals surface area contributed by atoms with E-state index in [0.29, 0.717) is 18.4 Å². The van der Waals surface area contributed by atoms with Crippen molar-refractivity contribution in [3.05, 3.63) is 5.28 Å². The molecule has 1 rings (SSSR count). The highest BCUT2D eigenvalue weighted by molar-refractivity contribution is 7.84. The SMILES string of the molecule is CCN(CC)c1nc(Cl)nc(NCCC(C)S(C)=O)n1. The van der Waals surface area contributed by atoms with E-state index in [1.165, 1.54) is 0 Å². The molecular weight excluding hydrogens is 298 g/mol. The summed E-state index contributed by atoms with van der Waals surface area (Å²) in [6, 6.07) is 0. The van der Waals surface area contributed by atoms with Crippen molar-refractivity contribution in [2.75, 3.05) is 36.1 Å².